The molecule has 4 N–H and O–H groups in total. The summed E-state index contributed by atoms with van der Waals surface area (Å²) in [6, 6.07) is 6.55. The monoisotopic (exact) mass is 377 g/mol. The van der Waals surface area contributed by atoms with Crippen molar-refractivity contribution >= 4 is 21.8 Å². The summed E-state index contributed by atoms with van der Waals surface area (Å²) in [5.74, 6) is 1.70. The molecular weight excluding hydrogens is 354 g/mol. The van der Waals surface area contributed by atoms with Gasteiger partial charge in [0.15, 0.2) is 0 Å². The molecule has 0 spiro atoms. The van der Waals surface area contributed by atoms with Crippen LogP contribution in [-0.2, 0) is 10.0 Å². The number of benzene rings is 1. The third-order valence-electron chi connectivity index (χ3n) is 4.57. The first-order chi connectivity index (χ1) is 12.3. The highest BCUT2D eigenvalue weighted by molar-refractivity contribution is 7.89. The Bertz CT molecular complexity index is 911. The van der Waals surface area contributed by atoms with Crippen LogP contribution in [0, 0.1) is 6.92 Å². The Hall–Kier alpha value is -2.39. The molecule has 140 valence electrons. The summed E-state index contributed by atoms with van der Waals surface area (Å²) in [7, 11) is -0.248. The fraction of sp³-hybridized carbons (Fsp3) is 0.412. The van der Waals surface area contributed by atoms with Gasteiger partial charge in [0.25, 0.3) is 0 Å². The van der Waals surface area contributed by atoms with Crippen LogP contribution in [0.25, 0.3) is 0 Å². The van der Waals surface area contributed by atoms with Gasteiger partial charge in [0.05, 0.1) is 17.7 Å². The number of hydrogen-bond donors (Lipinski definition) is 3. The molecule has 0 aliphatic heterocycles. The van der Waals surface area contributed by atoms with E-state index in [4.69, 9.17) is 10.5 Å². The van der Waals surface area contributed by atoms with Crippen molar-refractivity contribution in [1.29, 1.82) is 0 Å². The summed E-state index contributed by atoms with van der Waals surface area (Å²) in [6.45, 7) is 1.82. The molecule has 0 saturated heterocycles. The van der Waals surface area contributed by atoms with Crippen molar-refractivity contribution in [3.63, 3.8) is 0 Å². The molecule has 0 unspecified atom stereocenters. The molecule has 0 bridgehead atoms. The average molecular weight is 377 g/mol. The van der Waals surface area contributed by atoms with E-state index in [2.05, 4.69) is 20.0 Å². The fourth-order valence-electron chi connectivity index (χ4n) is 3.08. The first kappa shape index (κ1) is 18.4. The zero-order chi connectivity index (χ0) is 18.9. The summed E-state index contributed by atoms with van der Waals surface area (Å²) >= 11 is 0. The summed E-state index contributed by atoms with van der Waals surface area (Å²) in [5.41, 5.74) is 7.32. The largest absolute Gasteiger partial charge is 0.496 e. The van der Waals surface area contributed by atoms with Gasteiger partial charge in [-0.25, -0.2) is 18.1 Å². The molecule has 0 atom stereocenters. The second-order valence-electron chi connectivity index (χ2n) is 6.40. The first-order valence-electron chi connectivity index (χ1n) is 8.31. The second kappa shape index (κ2) is 7.08. The standard InChI is InChI=1S/C17H23N5O3S/c1-10-6-13(4-5-15(10)25-3)26(23,24)22-12-7-11(8-12)14-9-16(19-2)21-17(18)20-14/h4-6,9,11-12,22H,7-8H2,1-3H3,(H3,18,19,20,21). The number of nitrogens with zero attached hydrogens (tertiary/aromatic N) is 2. The predicted molar refractivity (Wildman–Crippen MR) is 99.8 cm³/mol. The Kier molecular flexibility index (Phi) is 5.01. The average Bonchev–Trinajstić information content (AvgIpc) is 2.57. The molecule has 3 rings (SSSR count). The summed E-state index contributed by atoms with van der Waals surface area (Å²) in [4.78, 5) is 8.57. The molecule has 1 aliphatic carbocycles. The van der Waals surface area contributed by atoms with Crippen LogP contribution in [0.1, 0.15) is 30.0 Å². The lowest BCUT2D eigenvalue weighted by Gasteiger charge is -2.35. The van der Waals surface area contributed by atoms with E-state index < -0.39 is 10.0 Å². The van der Waals surface area contributed by atoms with Gasteiger partial charge in [-0.15, -0.1) is 0 Å². The Morgan fingerprint density at radius 1 is 1.23 bits per heavy atom. The number of rotatable bonds is 6. The number of aryl methyl sites for hydroxylation is 1. The maximum Gasteiger partial charge on any atom is 0.240 e. The Morgan fingerprint density at radius 3 is 2.58 bits per heavy atom. The molecule has 1 fully saturated rings. The molecule has 1 saturated carbocycles. The Morgan fingerprint density at radius 2 is 1.96 bits per heavy atom. The van der Waals surface area contributed by atoms with Gasteiger partial charge in [0, 0.05) is 25.1 Å². The highest BCUT2D eigenvalue weighted by atomic mass is 32.2. The third-order valence-corrected chi connectivity index (χ3v) is 6.09. The van der Waals surface area contributed by atoms with Gasteiger partial charge in [-0.1, -0.05) is 0 Å². The van der Waals surface area contributed by atoms with E-state index in [9.17, 15) is 8.42 Å². The molecule has 26 heavy (non-hydrogen) atoms. The zero-order valence-corrected chi connectivity index (χ0v) is 15.8. The van der Waals surface area contributed by atoms with Gasteiger partial charge in [-0.2, -0.15) is 4.98 Å². The summed E-state index contributed by atoms with van der Waals surface area (Å²) in [6.07, 6.45) is 1.35. The second-order valence-corrected chi connectivity index (χ2v) is 8.12. The van der Waals surface area contributed by atoms with Crippen molar-refractivity contribution < 1.29 is 13.2 Å². The number of nitrogens with one attached hydrogen (secondary N) is 2. The summed E-state index contributed by atoms with van der Waals surface area (Å²) < 4.78 is 33.1. The maximum atomic E-state index is 12.6. The molecule has 0 amide bonds. The molecule has 1 aliphatic rings. The number of methoxy groups -OCH3 is 1. The minimum Gasteiger partial charge on any atom is -0.496 e. The van der Waals surface area contributed by atoms with Crippen LogP contribution in [0.3, 0.4) is 0 Å². The van der Waals surface area contributed by atoms with Crippen LogP contribution in [-0.4, -0.2) is 38.6 Å². The van der Waals surface area contributed by atoms with Crippen LogP contribution in [0.15, 0.2) is 29.2 Å². The molecule has 1 heterocycles. The van der Waals surface area contributed by atoms with Gasteiger partial charge < -0.3 is 15.8 Å². The van der Waals surface area contributed by atoms with Crippen molar-refractivity contribution in [1.82, 2.24) is 14.7 Å². The van der Waals surface area contributed by atoms with Gasteiger partial charge in [0.2, 0.25) is 16.0 Å². The molecule has 1 aromatic carbocycles. The number of ether oxygens (including phenoxy) is 1. The van der Waals surface area contributed by atoms with E-state index in [0.29, 0.717) is 24.4 Å². The quantitative estimate of drug-likeness (QED) is 0.700. The first-order valence-corrected chi connectivity index (χ1v) is 9.80. The molecule has 8 nitrogen and oxygen atoms in total. The smallest absolute Gasteiger partial charge is 0.240 e. The number of sulfonamides is 1. The van der Waals surface area contributed by atoms with Gasteiger partial charge in [0.1, 0.15) is 11.6 Å². The fourth-order valence-corrected chi connectivity index (χ4v) is 4.43. The van der Waals surface area contributed by atoms with Crippen LogP contribution in [0.5, 0.6) is 5.75 Å². The Labute approximate surface area is 153 Å². The lowest BCUT2D eigenvalue weighted by Crippen LogP contribution is -2.43. The van der Waals surface area contributed by atoms with Crippen molar-refractivity contribution in [2.45, 2.75) is 36.6 Å². The minimum absolute atomic E-state index is 0.123. The highest BCUT2D eigenvalue weighted by Crippen LogP contribution is 2.37. The molecule has 2 aromatic rings. The summed E-state index contributed by atoms with van der Waals surface area (Å²) in [5, 5.41) is 2.94. The van der Waals surface area contributed by atoms with Gasteiger partial charge in [-0.05, 0) is 43.5 Å². The number of nitrogen functional groups attached to an aromatic ring is 1. The maximum absolute atomic E-state index is 12.6. The van der Waals surface area contributed by atoms with E-state index in [1.165, 1.54) is 0 Å². The number of nitrogens with two attached hydrogens (primary N) is 1. The zero-order valence-electron chi connectivity index (χ0n) is 15.0. The van der Waals surface area contributed by atoms with Crippen LogP contribution in [0.2, 0.25) is 0 Å². The van der Waals surface area contributed by atoms with Crippen molar-refractivity contribution in [3.8, 4) is 5.75 Å². The number of aromatic nitrogens is 2. The van der Waals surface area contributed by atoms with Crippen molar-refractivity contribution in [2.75, 3.05) is 25.2 Å². The van der Waals surface area contributed by atoms with Crippen molar-refractivity contribution in [2.24, 2.45) is 0 Å². The molecule has 0 radical (unpaired) electrons. The van der Waals surface area contributed by atoms with Crippen LogP contribution in [0.4, 0.5) is 11.8 Å². The van der Waals surface area contributed by atoms with Crippen molar-refractivity contribution in [3.05, 3.63) is 35.5 Å². The van der Waals surface area contributed by atoms with Crippen LogP contribution < -0.4 is 20.5 Å². The van der Waals surface area contributed by atoms with E-state index in [0.717, 1.165) is 11.3 Å². The number of hydrogen-bond acceptors (Lipinski definition) is 7. The van der Waals surface area contributed by atoms with E-state index in [-0.39, 0.29) is 22.8 Å². The molecular formula is C17H23N5O3S. The Balaban J connectivity index is 1.66. The highest BCUT2D eigenvalue weighted by Gasteiger charge is 2.35. The SMILES string of the molecule is CNc1cc(C2CC(NS(=O)(=O)c3ccc(OC)c(C)c3)C2)nc(N)n1. The lowest BCUT2D eigenvalue weighted by atomic mass is 9.78. The topological polar surface area (TPSA) is 119 Å². The van der Waals surface area contributed by atoms with E-state index in [1.807, 2.05) is 13.0 Å². The third kappa shape index (κ3) is 3.73. The molecule has 9 heteroatoms. The molecule has 1 aromatic heterocycles. The van der Waals surface area contributed by atoms with E-state index >= 15 is 0 Å². The predicted octanol–water partition coefficient (Wildman–Crippen LogP) is 1.64. The minimum atomic E-state index is -3.57. The van der Waals surface area contributed by atoms with E-state index in [1.54, 1.807) is 32.4 Å². The van der Waals surface area contributed by atoms with Crippen LogP contribution >= 0.6 is 0 Å². The number of anilines is 2. The normalized spacial score (nSPS) is 19.7. The van der Waals surface area contributed by atoms with Gasteiger partial charge >= 0.3 is 0 Å². The van der Waals surface area contributed by atoms with Gasteiger partial charge in [-0.3, -0.25) is 0 Å². The lowest BCUT2D eigenvalue weighted by molar-refractivity contribution is 0.321.